The number of aliphatic carboxylic acids is 1. The summed E-state index contributed by atoms with van der Waals surface area (Å²) in [5.41, 5.74) is 1.60. The molecule has 0 atom stereocenters. The lowest BCUT2D eigenvalue weighted by molar-refractivity contribution is -0.143. The fourth-order valence-corrected chi connectivity index (χ4v) is 2.96. The maximum absolute atomic E-state index is 12.2. The molecule has 1 aromatic rings. The minimum Gasteiger partial charge on any atom is -0.481 e. The van der Waals surface area contributed by atoms with E-state index in [2.05, 4.69) is 10.6 Å². The molecule has 1 heterocycles. The molecular formula is C19H27N3O4. The average molecular weight is 361 g/mol. The standard InChI is InChI=1S/C19H27N3O4/c1-13(2)10-17(23)21-16-5-3-4-14(11-16)12-20-19(26)22-8-6-15(7-9-22)18(24)25/h3-5,11,13,15H,6-10,12H2,1-2H3,(H,20,26)(H,21,23)(H,24,25). The average Bonchev–Trinajstić information content (AvgIpc) is 2.59. The molecule has 1 saturated heterocycles. The van der Waals surface area contributed by atoms with E-state index in [-0.39, 0.29) is 17.9 Å². The van der Waals surface area contributed by atoms with E-state index in [9.17, 15) is 14.4 Å². The van der Waals surface area contributed by atoms with Crippen LogP contribution >= 0.6 is 0 Å². The van der Waals surface area contributed by atoms with Crippen LogP contribution in [0.3, 0.4) is 0 Å². The van der Waals surface area contributed by atoms with Gasteiger partial charge in [0, 0.05) is 31.7 Å². The van der Waals surface area contributed by atoms with Crippen molar-refractivity contribution in [2.45, 2.75) is 39.7 Å². The van der Waals surface area contributed by atoms with Crippen LogP contribution in [-0.2, 0) is 16.1 Å². The Bertz CT molecular complexity index is 652. The molecule has 142 valence electrons. The SMILES string of the molecule is CC(C)CC(=O)Nc1cccc(CNC(=O)N2CCC(C(=O)O)CC2)c1. The summed E-state index contributed by atoms with van der Waals surface area (Å²) >= 11 is 0. The molecule has 0 aliphatic carbocycles. The summed E-state index contributed by atoms with van der Waals surface area (Å²) in [6.45, 7) is 5.24. The van der Waals surface area contributed by atoms with Gasteiger partial charge < -0.3 is 20.6 Å². The number of carbonyl (C=O) groups is 3. The number of nitrogens with zero attached hydrogens (tertiary/aromatic N) is 1. The van der Waals surface area contributed by atoms with Crippen LogP contribution in [0.1, 0.15) is 38.7 Å². The largest absolute Gasteiger partial charge is 0.481 e. The molecule has 3 N–H and O–H groups in total. The number of carboxylic acids is 1. The number of hydrogen-bond acceptors (Lipinski definition) is 3. The van der Waals surface area contributed by atoms with Gasteiger partial charge in [-0.15, -0.1) is 0 Å². The van der Waals surface area contributed by atoms with Crippen molar-refractivity contribution in [2.24, 2.45) is 11.8 Å². The van der Waals surface area contributed by atoms with E-state index in [1.165, 1.54) is 0 Å². The molecule has 1 aromatic carbocycles. The second-order valence-corrected chi connectivity index (χ2v) is 7.10. The summed E-state index contributed by atoms with van der Waals surface area (Å²) in [6, 6.07) is 7.19. The normalized spacial score (nSPS) is 15.0. The number of hydrogen-bond donors (Lipinski definition) is 3. The second-order valence-electron chi connectivity index (χ2n) is 7.10. The first-order valence-electron chi connectivity index (χ1n) is 8.99. The molecule has 0 saturated carbocycles. The zero-order valence-corrected chi connectivity index (χ0v) is 15.3. The van der Waals surface area contributed by atoms with Crippen molar-refractivity contribution in [1.82, 2.24) is 10.2 Å². The van der Waals surface area contributed by atoms with Crippen LogP contribution in [0.2, 0.25) is 0 Å². The third-order valence-corrected chi connectivity index (χ3v) is 4.38. The van der Waals surface area contributed by atoms with Crippen molar-refractivity contribution in [3.63, 3.8) is 0 Å². The molecule has 0 spiro atoms. The number of anilines is 1. The van der Waals surface area contributed by atoms with Gasteiger partial charge in [-0.05, 0) is 36.5 Å². The van der Waals surface area contributed by atoms with Gasteiger partial charge in [-0.2, -0.15) is 0 Å². The molecule has 0 radical (unpaired) electrons. The maximum atomic E-state index is 12.2. The predicted molar refractivity (Wildman–Crippen MR) is 98.7 cm³/mol. The number of carbonyl (C=O) groups excluding carboxylic acids is 2. The van der Waals surface area contributed by atoms with Crippen LogP contribution in [0, 0.1) is 11.8 Å². The number of likely N-dealkylation sites (tertiary alicyclic amines) is 1. The Balaban J connectivity index is 1.82. The van der Waals surface area contributed by atoms with Crippen molar-refractivity contribution in [3.8, 4) is 0 Å². The quantitative estimate of drug-likeness (QED) is 0.725. The minimum atomic E-state index is -0.790. The number of rotatable bonds is 6. The van der Waals surface area contributed by atoms with E-state index in [1.807, 2.05) is 38.1 Å². The van der Waals surface area contributed by atoms with Gasteiger partial charge in [-0.1, -0.05) is 26.0 Å². The van der Waals surface area contributed by atoms with Gasteiger partial charge in [0.1, 0.15) is 0 Å². The Morgan fingerprint density at radius 2 is 1.92 bits per heavy atom. The minimum absolute atomic E-state index is 0.0255. The van der Waals surface area contributed by atoms with Crippen molar-refractivity contribution < 1.29 is 19.5 Å². The third kappa shape index (κ3) is 6.06. The number of piperidine rings is 1. The van der Waals surface area contributed by atoms with Crippen LogP contribution < -0.4 is 10.6 Å². The van der Waals surface area contributed by atoms with Crippen LogP contribution in [0.4, 0.5) is 10.5 Å². The molecule has 26 heavy (non-hydrogen) atoms. The summed E-state index contributed by atoms with van der Waals surface area (Å²) in [7, 11) is 0. The highest BCUT2D eigenvalue weighted by Gasteiger charge is 2.26. The molecule has 0 unspecified atom stereocenters. The smallest absolute Gasteiger partial charge is 0.317 e. The molecular weight excluding hydrogens is 334 g/mol. The number of amides is 3. The zero-order valence-electron chi connectivity index (χ0n) is 15.3. The van der Waals surface area contributed by atoms with Gasteiger partial charge in [-0.25, -0.2) is 4.79 Å². The lowest BCUT2D eigenvalue weighted by atomic mass is 9.97. The first-order chi connectivity index (χ1) is 12.3. The van der Waals surface area contributed by atoms with Crippen LogP contribution in [-0.4, -0.2) is 41.0 Å². The Hall–Kier alpha value is -2.57. The van der Waals surface area contributed by atoms with E-state index in [4.69, 9.17) is 5.11 Å². The molecule has 7 nitrogen and oxygen atoms in total. The highest BCUT2D eigenvalue weighted by Crippen LogP contribution is 2.17. The van der Waals surface area contributed by atoms with Crippen molar-refractivity contribution in [3.05, 3.63) is 29.8 Å². The summed E-state index contributed by atoms with van der Waals surface area (Å²) in [4.78, 5) is 36.7. The maximum Gasteiger partial charge on any atom is 0.317 e. The zero-order chi connectivity index (χ0) is 19.1. The molecule has 0 bridgehead atoms. The Morgan fingerprint density at radius 1 is 1.23 bits per heavy atom. The van der Waals surface area contributed by atoms with Gasteiger partial charge >= 0.3 is 12.0 Å². The van der Waals surface area contributed by atoms with Crippen molar-refractivity contribution >= 4 is 23.6 Å². The first-order valence-corrected chi connectivity index (χ1v) is 8.99. The monoisotopic (exact) mass is 361 g/mol. The van der Waals surface area contributed by atoms with Crippen molar-refractivity contribution in [2.75, 3.05) is 18.4 Å². The highest BCUT2D eigenvalue weighted by molar-refractivity contribution is 5.90. The van der Waals surface area contributed by atoms with E-state index < -0.39 is 5.97 Å². The molecule has 1 aliphatic rings. The molecule has 0 aromatic heterocycles. The van der Waals surface area contributed by atoms with E-state index >= 15 is 0 Å². The second kappa shape index (κ2) is 9.22. The Morgan fingerprint density at radius 3 is 2.54 bits per heavy atom. The third-order valence-electron chi connectivity index (χ3n) is 4.38. The Labute approximate surface area is 153 Å². The molecule has 1 aliphatic heterocycles. The highest BCUT2D eigenvalue weighted by atomic mass is 16.4. The number of carboxylic acid groups (broad SMARTS) is 1. The molecule has 7 heteroatoms. The first kappa shape index (κ1) is 19.8. The van der Waals surface area contributed by atoms with Gasteiger partial charge in [0.25, 0.3) is 0 Å². The number of urea groups is 1. The number of benzene rings is 1. The molecule has 2 rings (SSSR count). The fourth-order valence-electron chi connectivity index (χ4n) is 2.96. The summed E-state index contributed by atoms with van der Waals surface area (Å²) in [5, 5.41) is 14.7. The summed E-state index contributed by atoms with van der Waals surface area (Å²) in [6.07, 6.45) is 1.44. The fraction of sp³-hybridized carbons (Fsp3) is 0.526. The molecule has 1 fully saturated rings. The van der Waals surface area contributed by atoms with Gasteiger partial charge in [0.15, 0.2) is 0 Å². The topological polar surface area (TPSA) is 98.7 Å². The summed E-state index contributed by atoms with van der Waals surface area (Å²) in [5.74, 6) is -0.878. The Kier molecular flexibility index (Phi) is 7.00. The van der Waals surface area contributed by atoms with E-state index in [0.717, 1.165) is 5.56 Å². The molecule has 3 amide bonds. The van der Waals surface area contributed by atoms with Crippen LogP contribution in [0.25, 0.3) is 0 Å². The lowest BCUT2D eigenvalue weighted by Crippen LogP contribution is -2.45. The summed E-state index contributed by atoms with van der Waals surface area (Å²) < 4.78 is 0. The van der Waals surface area contributed by atoms with E-state index in [1.54, 1.807) is 4.90 Å². The van der Waals surface area contributed by atoms with Gasteiger partial charge in [0.2, 0.25) is 5.91 Å². The van der Waals surface area contributed by atoms with E-state index in [0.29, 0.717) is 50.5 Å². The van der Waals surface area contributed by atoms with Gasteiger partial charge in [0.05, 0.1) is 5.92 Å². The lowest BCUT2D eigenvalue weighted by Gasteiger charge is -2.30. The van der Waals surface area contributed by atoms with Crippen LogP contribution in [0.5, 0.6) is 0 Å². The predicted octanol–water partition coefficient (Wildman–Crippen LogP) is 2.68. The van der Waals surface area contributed by atoms with Crippen molar-refractivity contribution in [1.29, 1.82) is 0 Å². The van der Waals surface area contributed by atoms with Crippen LogP contribution in [0.15, 0.2) is 24.3 Å². The van der Waals surface area contributed by atoms with Gasteiger partial charge in [-0.3, -0.25) is 9.59 Å². The number of nitrogens with one attached hydrogen (secondary N) is 2.